The number of carbonyl (C=O) groups is 2. The molecule has 2 saturated carbocycles. The Bertz CT molecular complexity index is 327. The number of aliphatic carboxylic acids is 1. The van der Waals surface area contributed by atoms with E-state index in [1.807, 2.05) is 4.90 Å². The average Bonchev–Trinajstić information content (AvgIpc) is 3.05. The van der Waals surface area contributed by atoms with Gasteiger partial charge in [-0.25, -0.2) is 0 Å². The zero-order valence-corrected chi connectivity index (χ0v) is 10.8. The van der Waals surface area contributed by atoms with Crippen molar-refractivity contribution in [2.75, 3.05) is 20.3 Å². The molecular weight excluding hydrogens is 234 g/mol. The van der Waals surface area contributed by atoms with E-state index in [-0.39, 0.29) is 11.8 Å². The van der Waals surface area contributed by atoms with Crippen molar-refractivity contribution in [3.63, 3.8) is 0 Å². The van der Waals surface area contributed by atoms with E-state index < -0.39 is 11.9 Å². The highest BCUT2D eigenvalue weighted by atomic mass is 16.5. The summed E-state index contributed by atoms with van der Waals surface area (Å²) in [5.74, 6) is -1.60. The zero-order valence-electron chi connectivity index (χ0n) is 10.8. The lowest BCUT2D eigenvalue weighted by molar-refractivity contribution is -0.149. The first-order valence-electron chi connectivity index (χ1n) is 6.67. The summed E-state index contributed by atoms with van der Waals surface area (Å²) in [6.07, 6.45) is 4.27. The topological polar surface area (TPSA) is 66.8 Å². The lowest BCUT2D eigenvalue weighted by Gasteiger charge is -2.27. The number of carbonyl (C=O) groups excluding carboxylic acids is 1. The van der Waals surface area contributed by atoms with Crippen molar-refractivity contribution in [2.45, 2.75) is 38.1 Å². The number of hydrogen-bond acceptors (Lipinski definition) is 3. The fourth-order valence-electron chi connectivity index (χ4n) is 2.81. The van der Waals surface area contributed by atoms with Gasteiger partial charge < -0.3 is 14.7 Å². The second-order valence-corrected chi connectivity index (χ2v) is 5.24. The second kappa shape index (κ2) is 5.69. The normalized spacial score (nSPS) is 27.2. The van der Waals surface area contributed by atoms with Gasteiger partial charge in [0.05, 0.1) is 18.4 Å². The van der Waals surface area contributed by atoms with Gasteiger partial charge in [0.15, 0.2) is 0 Å². The van der Waals surface area contributed by atoms with Gasteiger partial charge in [-0.2, -0.15) is 0 Å². The van der Waals surface area contributed by atoms with Crippen molar-refractivity contribution in [1.29, 1.82) is 0 Å². The third-order valence-electron chi connectivity index (χ3n) is 3.96. The number of carboxylic acid groups (broad SMARTS) is 1. The molecule has 2 unspecified atom stereocenters. The standard InChI is InChI=1S/C13H21NO4/c1-18-8-7-14(9-5-6-9)12(15)10-3-2-4-11(10)13(16)17/h9-11H,2-8H2,1H3,(H,16,17). The molecule has 0 spiro atoms. The predicted octanol–water partition coefficient (Wildman–Crippen LogP) is 1.12. The molecule has 0 bridgehead atoms. The Morgan fingerprint density at radius 1 is 1.22 bits per heavy atom. The number of hydrogen-bond donors (Lipinski definition) is 1. The van der Waals surface area contributed by atoms with Crippen molar-refractivity contribution in [1.82, 2.24) is 4.90 Å². The molecule has 2 aliphatic rings. The molecule has 2 rings (SSSR count). The minimum absolute atomic E-state index is 0.0273. The lowest BCUT2D eigenvalue weighted by Crippen LogP contribution is -2.42. The summed E-state index contributed by atoms with van der Waals surface area (Å²) in [5.41, 5.74) is 0. The lowest BCUT2D eigenvalue weighted by atomic mass is 9.94. The molecule has 5 heteroatoms. The molecule has 5 nitrogen and oxygen atoms in total. The zero-order chi connectivity index (χ0) is 13.1. The van der Waals surface area contributed by atoms with Crippen LogP contribution >= 0.6 is 0 Å². The van der Waals surface area contributed by atoms with Gasteiger partial charge in [-0.15, -0.1) is 0 Å². The van der Waals surface area contributed by atoms with Crippen LogP contribution in [-0.2, 0) is 14.3 Å². The van der Waals surface area contributed by atoms with Gasteiger partial charge in [-0.05, 0) is 25.7 Å². The van der Waals surface area contributed by atoms with Gasteiger partial charge in [0.2, 0.25) is 5.91 Å². The average molecular weight is 255 g/mol. The Morgan fingerprint density at radius 3 is 2.44 bits per heavy atom. The van der Waals surface area contributed by atoms with Gasteiger partial charge in [0.25, 0.3) is 0 Å². The summed E-state index contributed by atoms with van der Waals surface area (Å²) >= 11 is 0. The van der Waals surface area contributed by atoms with E-state index in [9.17, 15) is 9.59 Å². The highest BCUT2D eigenvalue weighted by molar-refractivity contribution is 5.85. The number of rotatable bonds is 6. The summed E-state index contributed by atoms with van der Waals surface area (Å²) in [7, 11) is 1.62. The minimum atomic E-state index is -0.826. The Balaban J connectivity index is 2.00. The van der Waals surface area contributed by atoms with Crippen molar-refractivity contribution in [2.24, 2.45) is 11.8 Å². The van der Waals surface area contributed by atoms with E-state index in [0.717, 1.165) is 19.3 Å². The van der Waals surface area contributed by atoms with Crippen molar-refractivity contribution < 1.29 is 19.4 Å². The van der Waals surface area contributed by atoms with Gasteiger partial charge in [-0.1, -0.05) is 6.42 Å². The number of amides is 1. The maximum absolute atomic E-state index is 12.5. The summed E-state index contributed by atoms with van der Waals surface area (Å²) in [5, 5.41) is 9.15. The van der Waals surface area contributed by atoms with E-state index in [4.69, 9.17) is 9.84 Å². The van der Waals surface area contributed by atoms with E-state index in [0.29, 0.717) is 32.0 Å². The Morgan fingerprint density at radius 2 is 1.89 bits per heavy atom. The van der Waals surface area contributed by atoms with Crippen LogP contribution in [0.15, 0.2) is 0 Å². The highest BCUT2D eigenvalue weighted by Crippen LogP contribution is 2.36. The number of nitrogens with zero attached hydrogens (tertiary/aromatic N) is 1. The molecule has 102 valence electrons. The summed E-state index contributed by atoms with van der Waals surface area (Å²) in [6.45, 7) is 1.11. The number of methoxy groups -OCH3 is 1. The smallest absolute Gasteiger partial charge is 0.307 e. The molecule has 0 radical (unpaired) electrons. The van der Waals surface area contributed by atoms with Crippen LogP contribution in [0.3, 0.4) is 0 Å². The second-order valence-electron chi connectivity index (χ2n) is 5.24. The largest absolute Gasteiger partial charge is 0.481 e. The fraction of sp³-hybridized carbons (Fsp3) is 0.846. The fourth-order valence-corrected chi connectivity index (χ4v) is 2.81. The molecule has 1 N–H and O–H groups in total. The van der Waals surface area contributed by atoms with Gasteiger partial charge >= 0.3 is 5.97 Å². The van der Waals surface area contributed by atoms with Crippen LogP contribution in [0, 0.1) is 11.8 Å². The van der Waals surface area contributed by atoms with E-state index in [2.05, 4.69) is 0 Å². The number of carboxylic acids is 1. The van der Waals surface area contributed by atoms with Gasteiger partial charge in [0.1, 0.15) is 0 Å². The highest BCUT2D eigenvalue weighted by Gasteiger charge is 2.42. The molecule has 18 heavy (non-hydrogen) atoms. The van der Waals surface area contributed by atoms with Crippen LogP contribution in [0.1, 0.15) is 32.1 Å². The van der Waals surface area contributed by atoms with Crippen LogP contribution in [-0.4, -0.2) is 48.2 Å². The minimum Gasteiger partial charge on any atom is -0.481 e. The molecular formula is C13H21NO4. The van der Waals surface area contributed by atoms with Gasteiger partial charge in [-0.3, -0.25) is 9.59 Å². The maximum atomic E-state index is 12.5. The molecule has 0 aromatic heterocycles. The molecule has 0 heterocycles. The third kappa shape index (κ3) is 2.83. The summed E-state index contributed by atoms with van der Waals surface area (Å²) in [6, 6.07) is 0.322. The maximum Gasteiger partial charge on any atom is 0.307 e. The molecule has 0 saturated heterocycles. The molecule has 2 atom stereocenters. The molecule has 0 aromatic carbocycles. The first-order valence-corrected chi connectivity index (χ1v) is 6.67. The quantitative estimate of drug-likeness (QED) is 0.772. The Hall–Kier alpha value is -1.10. The first kappa shape index (κ1) is 13.3. The van der Waals surface area contributed by atoms with Crippen LogP contribution < -0.4 is 0 Å². The van der Waals surface area contributed by atoms with Crippen molar-refractivity contribution in [3.8, 4) is 0 Å². The summed E-state index contributed by atoms with van der Waals surface area (Å²) in [4.78, 5) is 25.4. The first-order chi connectivity index (χ1) is 8.65. The molecule has 2 fully saturated rings. The van der Waals surface area contributed by atoms with Crippen LogP contribution in [0.25, 0.3) is 0 Å². The van der Waals surface area contributed by atoms with Crippen molar-refractivity contribution >= 4 is 11.9 Å². The van der Waals surface area contributed by atoms with E-state index in [1.165, 1.54) is 0 Å². The van der Waals surface area contributed by atoms with Crippen LogP contribution in [0.5, 0.6) is 0 Å². The Labute approximate surface area is 107 Å². The predicted molar refractivity (Wildman–Crippen MR) is 65.1 cm³/mol. The van der Waals surface area contributed by atoms with E-state index >= 15 is 0 Å². The molecule has 1 amide bonds. The monoisotopic (exact) mass is 255 g/mol. The summed E-state index contributed by atoms with van der Waals surface area (Å²) < 4.78 is 5.03. The SMILES string of the molecule is COCCN(C(=O)C1CCCC1C(=O)O)C1CC1. The third-order valence-corrected chi connectivity index (χ3v) is 3.96. The van der Waals surface area contributed by atoms with Crippen molar-refractivity contribution in [3.05, 3.63) is 0 Å². The molecule has 2 aliphatic carbocycles. The van der Waals surface area contributed by atoms with Crippen LogP contribution in [0.2, 0.25) is 0 Å². The van der Waals surface area contributed by atoms with Crippen LogP contribution in [0.4, 0.5) is 0 Å². The molecule has 0 aromatic rings. The Kier molecular flexibility index (Phi) is 4.22. The van der Waals surface area contributed by atoms with Gasteiger partial charge in [0, 0.05) is 19.7 Å². The van der Waals surface area contributed by atoms with E-state index in [1.54, 1.807) is 7.11 Å². The number of ether oxygens (including phenoxy) is 1. The molecule has 0 aliphatic heterocycles.